The molecule has 1 saturated carbocycles. The second kappa shape index (κ2) is 3.74. The fourth-order valence-electron chi connectivity index (χ4n) is 1.94. The van der Waals surface area contributed by atoms with Gasteiger partial charge in [0, 0.05) is 11.5 Å². The molecular formula is C8H12F2S2. The van der Waals surface area contributed by atoms with Gasteiger partial charge in [-0.25, -0.2) is 8.78 Å². The van der Waals surface area contributed by atoms with Crippen molar-refractivity contribution in [3.8, 4) is 0 Å². The van der Waals surface area contributed by atoms with E-state index < -0.39 is 12.3 Å². The Kier molecular flexibility index (Phi) is 2.85. The van der Waals surface area contributed by atoms with Crippen LogP contribution < -0.4 is 0 Å². The minimum Gasteiger partial charge on any atom is -0.244 e. The summed E-state index contributed by atoms with van der Waals surface area (Å²) in [4.78, 5) is 0. The molecule has 4 heteroatoms. The minimum atomic E-state index is -1.19. The Morgan fingerprint density at radius 2 is 1.25 bits per heavy atom. The van der Waals surface area contributed by atoms with Gasteiger partial charge in [0.25, 0.3) is 0 Å². The maximum absolute atomic E-state index is 13.0. The van der Waals surface area contributed by atoms with Gasteiger partial charge in [-0.05, 0) is 24.7 Å². The second-order valence-corrected chi connectivity index (χ2v) is 6.14. The predicted molar refractivity (Wildman–Crippen MR) is 50.9 cm³/mol. The molecule has 1 saturated heterocycles. The molecule has 0 bridgehead atoms. The molecule has 0 N–H and O–H groups in total. The zero-order valence-electron chi connectivity index (χ0n) is 6.71. The molecule has 0 nitrogen and oxygen atoms in total. The normalized spacial score (nSPS) is 48.5. The van der Waals surface area contributed by atoms with Gasteiger partial charge in [-0.1, -0.05) is 21.6 Å². The number of alkyl halides is 2. The zero-order valence-corrected chi connectivity index (χ0v) is 8.34. The van der Waals surface area contributed by atoms with Gasteiger partial charge < -0.3 is 0 Å². The van der Waals surface area contributed by atoms with Gasteiger partial charge in [0.05, 0.1) is 0 Å². The van der Waals surface area contributed by atoms with E-state index in [0.717, 1.165) is 11.5 Å². The van der Waals surface area contributed by atoms with Crippen LogP contribution in [0.5, 0.6) is 0 Å². The van der Waals surface area contributed by atoms with Crippen molar-refractivity contribution >= 4 is 21.6 Å². The largest absolute Gasteiger partial charge is 0.244 e. The van der Waals surface area contributed by atoms with E-state index in [1.165, 1.54) is 0 Å². The molecule has 2 fully saturated rings. The third-order valence-corrected chi connectivity index (χ3v) is 5.37. The highest BCUT2D eigenvalue weighted by Crippen LogP contribution is 2.44. The molecule has 4 atom stereocenters. The fourth-order valence-corrected chi connectivity index (χ4v) is 4.92. The van der Waals surface area contributed by atoms with Gasteiger partial charge in [0.15, 0.2) is 0 Å². The molecule has 2 aliphatic rings. The molecule has 1 aliphatic heterocycles. The van der Waals surface area contributed by atoms with Crippen LogP contribution in [0.4, 0.5) is 8.78 Å². The molecule has 0 amide bonds. The van der Waals surface area contributed by atoms with E-state index in [4.69, 9.17) is 0 Å². The first-order valence-corrected chi connectivity index (χ1v) is 6.78. The summed E-state index contributed by atoms with van der Waals surface area (Å²) in [5.74, 6) is 2.92. The van der Waals surface area contributed by atoms with E-state index in [0.29, 0.717) is 24.7 Å². The van der Waals surface area contributed by atoms with Crippen LogP contribution in [0, 0.1) is 11.8 Å². The Bertz CT molecular complexity index is 147. The van der Waals surface area contributed by atoms with Crippen molar-refractivity contribution in [2.75, 3.05) is 11.5 Å². The highest BCUT2D eigenvalue weighted by Gasteiger charge is 2.38. The monoisotopic (exact) mass is 210 g/mol. The topological polar surface area (TPSA) is 0 Å². The van der Waals surface area contributed by atoms with Gasteiger partial charge in [-0.3, -0.25) is 0 Å². The molecular weight excluding hydrogens is 198 g/mol. The van der Waals surface area contributed by atoms with Crippen molar-refractivity contribution in [1.29, 1.82) is 0 Å². The summed E-state index contributed by atoms with van der Waals surface area (Å²) in [7, 11) is 3.62. The number of rotatable bonds is 0. The fraction of sp³-hybridized carbons (Fsp3) is 1.00. The second-order valence-electron chi connectivity index (χ2n) is 3.59. The Morgan fingerprint density at radius 1 is 0.833 bits per heavy atom. The third kappa shape index (κ3) is 1.74. The van der Waals surface area contributed by atoms with E-state index in [2.05, 4.69) is 0 Å². The molecule has 1 aliphatic carbocycles. The van der Waals surface area contributed by atoms with Crippen LogP contribution in [0.15, 0.2) is 0 Å². The molecule has 0 aromatic rings. The lowest BCUT2D eigenvalue weighted by atomic mass is 9.79. The van der Waals surface area contributed by atoms with Crippen LogP contribution in [0.25, 0.3) is 0 Å². The SMILES string of the molecule is F[C@@H]1C[C@H]2CSSC[C@@H]2C[C@H]1F. The Morgan fingerprint density at radius 3 is 1.67 bits per heavy atom. The third-order valence-electron chi connectivity index (χ3n) is 2.76. The quantitative estimate of drug-likeness (QED) is 0.563. The average molecular weight is 210 g/mol. The molecule has 70 valence electrons. The smallest absolute Gasteiger partial charge is 0.131 e. The van der Waals surface area contributed by atoms with Crippen LogP contribution in [-0.2, 0) is 0 Å². The zero-order chi connectivity index (χ0) is 8.55. The molecule has 0 aromatic carbocycles. The van der Waals surface area contributed by atoms with E-state index in [9.17, 15) is 8.78 Å². The van der Waals surface area contributed by atoms with Crippen LogP contribution in [0.1, 0.15) is 12.8 Å². The molecule has 12 heavy (non-hydrogen) atoms. The summed E-state index contributed by atoms with van der Waals surface area (Å²) in [6.07, 6.45) is -1.46. The molecule has 1 heterocycles. The molecule has 0 aromatic heterocycles. The van der Waals surface area contributed by atoms with E-state index in [1.807, 2.05) is 21.6 Å². The average Bonchev–Trinajstić information content (AvgIpc) is 2.07. The van der Waals surface area contributed by atoms with Crippen molar-refractivity contribution < 1.29 is 8.78 Å². The molecule has 2 rings (SSSR count). The van der Waals surface area contributed by atoms with Gasteiger partial charge in [0.1, 0.15) is 12.3 Å². The van der Waals surface area contributed by atoms with Crippen molar-refractivity contribution in [2.24, 2.45) is 11.8 Å². The molecule has 0 unspecified atom stereocenters. The van der Waals surface area contributed by atoms with Crippen molar-refractivity contribution in [3.63, 3.8) is 0 Å². The molecule has 0 spiro atoms. The van der Waals surface area contributed by atoms with Gasteiger partial charge in [-0.2, -0.15) is 0 Å². The summed E-state index contributed by atoms with van der Waals surface area (Å²) >= 11 is 0. The lowest BCUT2D eigenvalue weighted by Crippen LogP contribution is -2.37. The Hall–Kier alpha value is 0.560. The van der Waals surface area contributed by atoms with Gasteiger partial charge in [-0.15, -0.1) is 0 Å². The number of halogens is 2. The highest BCUT2D eigenvalue weighted by molar-refractivity contribution is 8.76. The summed E-state index contributed by atoms with van der Waals surface area (Å²) in [6.45, 7) is 0. The number of hydrogen-bond donors (Lipinski definition) is 0. The maximum Gasteiger partial charge on any atom is 0.131 e. The first-order chi connectivity index (χ1) is 5.77. The first kappa shape index (κ1) is 9.13. The lowest BCUT2D eigenvalue weighted by molar-refractivity contribution is 0.0656. The van der Waals surface area contributed by atoms with Crippen LogP contribution in [0.2, 0.25) is 0 Å². The van der Waals surface area contributed by atoms with Crippen molar-refractivity contribution in [1.82, 2.24) is 0 Å². The minimum absolute atomic E-state index is 0.443. The lowest BCUT2D eigenvalue weighted by Gasteiger charge is -2.37. The van der Waals surface area contributed by atoms with Crippen molar-refractivity contribution in [3.05, 3.63) is 0 Å². The summed E-state index contributed by atoms with van der Waals surface area (Å²) in [5, 5.41) is 0. The van der Waals surface area contributed by atoms with Crippen LogP contribution in [0.3, 0.4) is 0 Å². The number of hydrogen-bond acceptors (Lipinski definition) is 2. The van der Waals surface area contributed by atoms with E-state index in [-0.39, 0.29) is 0 Å². The van der Waals surface area contributed by atoms with Crippen molar-refractivity contribution in [2.45, 2.75) is 25.2 Å². The van der Waals surface area contributed by atoms with Crippen LogP contribution in [-0.4, -0.2) is 23.8 Å². The Balaban J connectivity index is 1.98. The summed E-state index contributed by atoms with van der Waals surface area (Å²) in [6, 6.07) is 0. The molecule has 0 radical (unpaired) electrons. The first-order valence-electron chi connectivity index (χ1n) is 4.30. The summed E-state index contributed by atoms with van der Waals surface area (Å²) in [5.41, 5.74) is 0. The van der Waals surface area contributed by atoms with E-state index in [1.54, 1.807) is 0 Å². The Labute approximate surface area is 79.3 Å². The summed E-state index contributed by atoms with van der Waals surface area (Å²) < 4.78 is 25.9. The van der Waals surface area contributed by atoms with Gasteiger partial charge >= 0.3 is 0 Å². The standard InChI is InChI=1S/C8H12F2S2/c9-7-1-5-3-11-12-4-6(5)2-8(7)10/h5-8H,1-4H2/t5-,6-,7+,8+/m0/s1. The van der Waals surface area contributed by atoms with Crippen LogP contribution >= 0.6 is 21.6 Å². The van der Waals surface area contributed by atoms with E-state index >= 15 is 0 Å². The highest BCUT2D eigenvalue weighted by atomic mass is 33.1. The van der Waals surface area contributed by atoms with Gasteiger partial charge in [0.2, 0.25) is 0 Å². The maximum atomic E-state index is 13.0. The predicted octanol–water partition coefficient (Wildman–Crippen LogP) is 3.08. The number of fused-ring (bicyclic) bond motifs is 1.